The first-order chi connectivity index (χ1) is 18.5. The van der Waals surface area contributed by atoms with Crippen molar-refractivity contribution in [3.05, 3.63) is 89.7 Å². The van der Waals surface area contributed by atoms with Gasteiger partial charge >= 0.3 is 5.97 Å². The molecule has 0 bridgehead atoms. The van der Waals surface area contributed by atoms with Gasteiger partial charge in [-0.1, -0.05) is 43.0 Å². The summed E-state index contributed by atoms with van der Waals surface area (Å²) in [6, 6.07) is 22.5. The summed E-state index contributed by atoms with van der Waals surface area (Å²) in [5.74, 6) is 0.952. The highest BCUT2D eigenvalue weighted by Crippen LogP contribution is 2.37. The zero-order valence-electron chi connectivity index (χ0n) is 20.5. The molecule has 2 heterocycles. The molecule has 0 atom stereocenters. The fourth-order valence-corrected chi connectivity index (χ4v) is 5.33. The summed E-state index contributed by atoms with van der Waals surface area (Å²) in [6.45, 7) is 0. The largest absolute Gasteiger partial charge is 0.478 e. The molecule has 1 aliphatic rings. The Morgan fingerprint density at radius 1 is 0.921 bits per heavy atom. The van der Waals surface area contributed by atoms with E-state index in [-0.39, 0.29) is 5.56 Å². The number of aromatic carboxylic acids is 1. The van der Waals surface area contributed by atoms with Gasteiger partial charge in [-0.15, -0.1) is 0 Å². The molecule has 0 spiro atoms. The van der Waals surface area contributed by atoms with Crippen molar-refractivity contribution in [2.45, 2.75) is 38.1 Å². The third-order valence-corrected chi connectivity index (χ3v) is 7.21. The number of hydrogen-bond donors (Lipinski definition) is 1. The van der Waals surface area contributed by atoms with Crippen molar-refractivity contribution in [3.8, 4) is 34.3 Å². The van der Waals surface area contributed by atoms with Gasteiger partial charge in [0.25, 0.3) is 0 Å². The smallest absolute Gasteiger partial charge is 0.335 e. The minimum atomic E-state index is -0.953. The summed E-state index contributed by atoms with van der Waals surface area (Å²) >= 11 is 6.13. The summed E-state index contributed by atoms with van der Waals surface area (Å²) in [6.07, 6.45) is 7.25. The van der Waals surface area contributed by atoms with Crippen molar-refractivity contribution < 1.29 is 14.6 Å². The van der Waals surface area contributed by atoms with E-state index in [1.165, 1.54) is 25.6 Å². The van der Waals surface area contributed by atoms with Crippen molar-refractivity contribution in [3.63, 3.8) is 0 Å². The summed E-state index contributed by atoms with van der Waals surface area (Å²) in [5.41, 5.74) is 4.44. The van der Waals surface area contributed by atoms with Crippen LogP contribution in [0.4, 0.5) is 0 Å². The predicted octanol–water partition coefficient (Wildman–Crippen LogP) is 7.81. The molecule has 5 aromatic rings. The average Bonchev–Trinajstić information content (AvgIpc) is 3.33. The molecule has 0 amide bonds. The van der Waals surface area contributed by atoms with Gasteiger partial charge in [-0.05, 0) is 67.4 Å². The molecule has 0 aliphatic heterocycles. The van der Waals surface area contributed by atoms with Crippen molar-refractivity contribution in [2.75, 3.05) is 0 Å². The van der Waals surface area contributed by atoms with Crippen LogP contribution < -0.4 is 4.74 Å². The first-order valence-electron chi connectivity index (χ1n) is 12.7. The van der Waals surface area contributed by atoms with Crippen molar-refractivity contribution in [1.29, 1.82) is 0 Å². The Bertz CT molecular complexity index is 1620. The minimum Gasteiger partial charge on any atom is -0.478 e. The lowest BCUT2D eigenvalue weighted by molar-refractivity contribution is 0.0697. The zero-order valence-corrected chi connectivity index (χ0v) is 21.3. The lowest BCUT2D eigenvalue weighted by Gasteiger charge is -2.25. The second kappa shape index (κ2) is 10.3. The Balaban J connectivity index is 1.31. The first-order valence-corrected chi connectivity index (χ1v) is 13.0. The van der Waals surface area contributed by atoms with Gasteiger partial charge < -0.3 is 14.4 Å². The number of halogens is 1. The molecule has 2 aromatic heterocycles. The Morgan fingerprint density at radius 3 is 2.50 bits per heavy atom. The van der Waals surface area contributed by atoms with Crippen LogP contribution in [-0.2, 0) is 0 Å². The van der Waals surface area contributed by atoms with Crippen LogP contribution in [0, 0.1) is 0 Å². The Labute approximate surface area is 224 Å². The molecule has 1 N–H and O–H groups in total. The minimum absolute atomic E-state index is 0.239. The molecular formula is C30H25ClN4O3. The van der Waals surface area contributed by atoms with Crippen molar-refractivity contribution in [1.82, 2.24) is 19.5 Å². The van der Waals surface area contributed by atoms with Crippen LogP contribution in [0.25, 0.3) is 33.7 Å². The number of nitrogens with zero attached hydrogens (tertiary/aromatic N) is 4. The second-order valence-electron chi connectivity index (χ2n) is 9.48. The summed E-state index contributed by atoms with van der Waals surface area (Å²) in [4.78, 5) is 25.0. The SMILES string of the molecule is O=C(O)c1ccc2c(c1)nc(-c1ccc(Oc3cc(-c4cccc(Cl)c4)ncn3)cc1)n2C1CCCCC1. The lowest BCUT2D eigenvalue weighted by Crippen LogP contribution is -2.14. The molecule has 190 valence electrons. The fraction of sp³-hybridized carbons (Fsp3) is 0.200. The molecule has 3 aromatic carbocycles. The van der Waals surface area contributed by atoms with Crippen LogP contribution in [0.5, 0.6) is 11.6 Å². The zero-order chi connectivity index (χ0) is 26.1. The Hall–Kier alpha value is -4.23. The average molecular weight is 525 g/mol. The van der Waals surface area contributed by atoms with Gasteiger partial charge in [0, 0.05) is 28.3 Å². The number of imidazole rings is 1. The Kier molecular flexibility index (Phi) is 6.52. The van der Waals surface area contributed by atoms with E-state index >= 15 is 0 Å². The van der Waals surface area contributed by atoms with Gasteiger partial charge in [-0.3, -0.25) is 0 Å². The van der Waals surface area contributed by atoms with E-state index in [9.17, 15) is 9.90 Å². The molecule has 0 radical (unpaired) electrons. The number of aromatic nitrogens is 4. The number of hydrogen-bond acceptors (Lipinski definition) is 5. The molecule has 1 saturated carbocycles. The van der Waals surface area contributed by atoms with E-state index in [2.05, 4.69) is 14.5 Å². The van der Waals surface area contributed by atoms with E-state index in [0.29, 0.717) is 28.2 Å². The highest BCUT2D eigenvalue weighted by atomic mass is 35.5. The summed E-state index contributed by atoms with van der Waals surface area (Å²) in [5, 5.41) is 10.1. The predicted molar refractivity (Wildman–Crippen MR) is 147 cm³/mol. The normalized spacial score (nSPS) is 14.0. The van der Waals surface area contributed by atoms with E-state index in [1.54, 1.807) is 18.2 Å². The number of rotatable bonds is 6. The van der Waals surface area contributed by atoms with Gasteiger partial charge in [0.1, 0.15) is 17.9 Å². The number of benzene rings is 3. The summed E-state index contributed by atoms with van der Waals surface area (Å²) in [7, 11) is 0. The standard InChI is InChI=1S/C30H25ClN4O3/c31-22-6-4-5-20(15-22)25-17-28(33-18-32-25)38-24-12-9-19(10-13-24)29-34-26-16-21(30(36)37)11-14-27(26)35(29)23-7-2-1-3-8-23/h4-6,9-18,23H,1-3,7-8H2,(H,36,37). The second-order valence-corrected chi connectivity index (χ2v) is 9.92. The number of carboxylic acids is 1. The molecule has 7 nitrogen and oxygen atoms in total. The summed E-state index contributed by atoms with van der Waals surface area (Å²) < 4.78 is 8.32. The molecule has 0 saturated heterocycles. The first kappa shape index (κ1) is 24.1. The number of fused-ring (bicyclic) bond motifs is 1. The van der Waals surface area contributed by atoms with Gasteiger partial charge in [0.15, 0.2) is 0 Å². The third kappa shape index (κ3) is 4.85. The van der Waals surface area contributed by atoms with E-state index in [1.807, 2.05) is 54.6 Å². The van der Waals surface area contributed by atoms with Crippen molar-refractivity contribution in [2.24, 2.45) is 0 Å². The Morgan fingerprint density at radius 2 is 1.74 bits per heavy atom. The van der Waals surface area contributed by atoms with E-state index in [4.69, 9.17) is 21.3 Å². The quantitative estimate of drug-likeness (QED) is 0.243. The van der Waals surface area contributed by atoms with E-state index < -0.39 is 5.97 Å². The molecular weight excluding hydrogens is 500 g/mol. The lowest BCUT2D eigenvalue weighted by atomic mass is 9.95. The monoisotopic (exact) mass is 524 g/mol. The highest BCUT2D eigenvalue weighted by molar-refractivity contribution is 6.30. The maximum absolute atomic E-state index is 11.5. The molecule has 0 unspecified atom stereocenters. The van der Waals surface area contributed by atoms with Crippen LogP contribution in [0.1, 0.15) is 48.5 Å². The number of carboxylic acid groups (broad SMARTS) is 1. The number of ether oxygens (including phenoxy) is 1. The molecule has 38 heavy (non-hydrogen) atoms. The molecule has 1 aliphatic carbocycles. The molecule has 8 heteroatoms. The van der Waals surface area contributed by atoms with Crippen LogP contribution in [0.15, 0.2) is 79.1 Å². The van der Waals surface area contributed by atoms with Crippen LogP contribution >= 0.6 is 11.6 Å². The highest BCUT2D eigenvalue weighted by Gasteiger charge is 2.23. The molecule has 6 rings (SSSR count). The third-order valence-electron chi connectivity index (χ3n) is 6.97. The van der Waals surface area contributed by atoms with Gasteiger partial charge in [0.05, 0.1) is 22.3 Å². The molecule has 1 fully saturated rings. The maximum atomic E-state index is 11.5. The maximum Gasteiger partial charge on any atom is 0.335 e. The van der Waals surface area contributed by atoms with Gasteiger partial charge in [-0.2, -0.15) is 0 Å². The number of carbonyl (C=O) groups is 1. The fourth-order valence-electron chi connectivity index (χ4n) is 5.14. The topological polar surface area (TPSA) is 90.1 Å². The van der Waals surface area contributed by atoms with Gasteiger partial charge in [0.2, 0.25) is 5.88 Å². The van der Waals surface area contributed by atoms with Gasteiger partial charge in [-0.25, -0.2) is 19.7 Å². The van der Waals surface area contributed by atoms with Crippen LogP contribution in [0.3, 0.4) is 0 Å². The van der Waals surface area contributed by atoms with E-state index in [0.717, 1.165) is 41.0 Å². The van der Waals surface area contributed by atoms with Crippen LogP contribution in [0.2, 0.25) is 5.02 Å². The van der Waals surface area contributed by atoms with Crippen LogP contribution in [-0.4, -0.2) is 30.6 Å². The van der Waals surface area contributed by atoms with Crippen molar-refractivity contribution >= 4 is 28.6 Å².